The lowest BCUT2D eigenvalue weighted by Gasteiger charge is -2.40. The summed E-state index contributed by atoms with van der Waals surface area (Å²) in [6.45, 7) is 8.16. The van der Waals surface area contributed by atoms with Crippen molar-refractivity contribution in [3.63, 3.8) is 0 Å². The van der Waals surface area contributed by atoms with Crippen LogP contribution in [0.25, 0.3) is 0 Å². The van der Waals surface area contributed by atoms with E-state index >= 15 is 0 Å². The van der Waals surface area contributed by atoms with E-state index in [0.29, 0.717) is 12.1 Å². The van der Waals surface area contributed by atoms with Crippen LogP contribution >= 0.6 is 0 Å². The van der Waals surface area contributed by atoms with Crippen LogP contribution in [0, 0.1) is 0 Å². The van der Waals surface area contributed by atoms with Gasteiger partial charge in [0.1, 0.15) is 0 Å². The average molecular weight is 264 g/mol. The average Bonchev–Trinajstić information content (AvgIpc) is 2.47. The lowest BCUT2D eigenvalue weighted by Crippen LogP contribution is -2.55. The molecule has 0 spiro atoms. The third-order valence-electron chi connectivity index (χ3n) is 3.40. The van der Waals surface area contributed by atoms with Crippen LogP contribution < -0.4 is 5.32 Å². The Bertz CT molecular complexity index is 416. The van der Waals surface area contributed by atoms with E-state index in [0.717, 1.165) is 26.3 Å². The van der Waals surface area contributed by atoms with E-state index in [1.165, 1.54) is 12.4 Å². The van der Waals surface area contributed by atoms with Gasteiger partial charge in [0, 0.05) is 25.2 Å². The molecule has 0 aliphatic carbocycles. The summed E-state index contributed by atoms with van der Waals surface area (Å²) in [5.74, 6) is -0.115. The minimum absolute atomic E-state index is 0.0834. The summed E-state index contributed by atoms with van der Waals surface area (Å²) in [6, 6.07) is 1.66. The molecule has 1 aromatic heterocycles. The van der Waals surface area contributed by atoms with Crippen LogP contribution in [0.5, 0.6) is 0 Å². The van der Waals surface area contributed by atoms with Crippen LogP contribution in [0.1, 0.15) is 24.2 Å². The molecule has 0 unspecified atom stereocenters. The van der Waals surface area contributed by atoms with E-state index in [4.69, 9.17) is 4.74 Å². The first-order valence-corrected chi connectivity index (χ1v) is 6.47. The fourth-order valence-electron chi connectivity index (χ4n) is 2.10. The fourth-order valence-corrected chi connectivity index (χ4v) is 2.10. The number of hydrogen-bond acceptors (Lipinski definition) is 5. The molecule has 2 heterocycles. The maximum absolute atomic E-state index is 12.0. The highest BCUT2D eigenvalue weighted by molar-refractivity contribution is 5.93. The fraction of sp³-hybridized carbons (Fsp3) is 0.615. The number of aromatic nitrogens is 2. The molecule has 0 saturated carbocycles. The highest BCUT2D eigenvalue weighted by atomic mass is 16.5. The molecule has 1 N–H and O–H groups in total. The van der Waals surface area contributed by atoms with Gasteiger partial charge < -0.3 is 10.1 Å². The maximum Gasteiger partial charge on any atom is 0.253 e. The highest BCUT2D eigenvalue weighted by Gasteiger charge is 2.28. The molecule has 1 fully saturated rings. The van der Waals surface area contributed by atoms with E-state index in [1.807, 2.05) is 0 Å². The van der Waals surface area contributed by atoms with Crippen molar-refractivity contribution < 1.29 is 9.53 Å². The Morgan fingerprint density at radius 3 is 2.79 bits per heavy atom. The quantitative estimate of drug-likeness (QED) is 0.848. The minimum atomic E-state index is -0.115. The van der Waals surface area contributed by atoms with Crippen LogP contribution in [-0.4, -0.2) is 59.4 Å². The predicted octanol–water partition coefficient (Wildman–Crippen LogP) is 0.317. The third kappa shape index (κ3) is 3.71. The van der Waals surface area contributed by atoms with Gasteiger partial charge in [-0.2, -0.15) is 10.2 Å². The number of nitrogens with zero attached hydrogens (tertiary/aromatic N) is 3. The minimum Gasteiger partial charge on any atom is -0.379 e. The SMILES string of the molecule is CC(C)(CNC(=O)c1ccnnc1)N1CCOCC1. The van der Waals surface area contributed by atoms with E-state index in [9.17, 15) is 4.79 Å². The number of rotatable bonds is 4. The summed E-state index contributed by atoms with van der Waals surface area (Å²) in [5, 5.41) is 10.3. The number of ether oxygens (including phenoxy) is 1. The summed E-state index contributed by atoms with van der Waals surface area (Å²) in [7, 11) is 0. The van der Waals surface area contributed by atoms with Crippen LogP contribution in [0.4, 0.5) is 0 Å². The molecule has 1 saturated heterocycles. The zero-order valence-electron chi connectivity index (χ0n) is 11.4. The molecular formula is C13H20N4O2. The number of amides is 1. The second-order valence-corrected chi connectivity index (χ2v) is 5.23. The van der Waals surface area contributed by atoms with Crippen molar-refractivity contribution in [1.82, 2.24) is 20.4 Å². The van der Waals surface area contributed by atoms with Gasteiger partial charge in [-0.25, -0.2) is 0 Å². The molecule has 0 aromatic carbocycles. The lowest BCUT2D eigenvalue weighted by atomic mass is 10.0. The molecule has 19 heavy (non-hydrogen) atoms. The van der Waals surface area contributed by atoms with Crippen LogP contribution in [0.15, 0.2) is 18.5 Å². The number of hydrogen-bond donors (Lipinski definition) is 1. The molecular weight excluding hydrogens is 244 g/mol. The van der Waals surface area contributed by atoms with Gasteiger partial charge in [0.25, 0.3) is 5.91 Å². The largest absolute Gasteiger partial charge is 0.379 e. The van der Waals surface area contributed by atoms with Crippen LogP contribution in [0.3, 0.4) is 0 Å². The van der Waals surface area contributed by atoms with Crippen molar-refractivity contribution in [2.45, 2.75) is 19.4 Å². The van der Waals surface area contributed by atoms with Crippen LogP contribution in [0.2, 0.25) is 0 Å². The van der Waals surface area contributed by atoms with E-state index in [1.54, 1.807) is 6.07 Å². The molecule has 1 aliphatic heterocycles. The molecule has 0 bridgehead atoms. The zero-order chi connectivity index (χ0) is 13.7. The molecule has 1 aromatic rings. The molecule has 6 nitrogen and oxygen atoms in total. The van der Waals surface area contributed by atoms with Crippen molar-refractivity contribution in [2.24, 2.45) is 0 Å². The molecule has 0 atom stereocenters. The Hall–Kier alpha value is -1.53. The number of carbonyl (C=O) groups excluding carboxylic acids is 1. The highest BCUT2D eigenvalue weighted by Crippen LogP contribution is 2.15. The first-order chi connectivity index (χ1) is 9.09. The second kappa shape index (κ2) is 6.08. The molecule has 6 heteroatoms. The summed E-state index contributed by atoms with van der Waals surface area (Å²) < 4.78 is 5.35. The Balaban J connectivity index is 1.88. The first kappa shape index (κ1) is 13.9. The summed E-state index contributed by atoms with van der Waals surface area (Å²) in [5.41, 5.74) is 0.452. The van der Waals surface area contributed by atoms with Crippen molar-refractivity contribution in [1.29, 1.82) is 0 Å². The van der Waals surface area contributed by atoms with Gasteiger partial charge in [0.2, 0.25) is 0 Å². The number of carbonyl (C=O) groups is 1. The smallest absolute Gasteiger partial charge is 0.253 e. The van der Waals surface area contributed by atoms with Gasteiger partial charge in [0.15, 0.2) is 0 Å². The van der Waals surface area contributed by atoms with Gasteiger partial charge in [0.05, 0.1) is 31.2 Å². The van der Waals surface area contributed by atoms with Crippen molar-refractivity contribution >= 4 is 5.91 Å². The van der Waals surface area contributed by atoms with Gasteiger partial charge in [-0.15, -0.1) is 0 Å². The summed E-state index contributed by atoms with van der Waals surface area (Å²) >= 11 is 0. The molecule has 1 amide bonds. The monoisotopic (exact) mass is 264 g/mol. The van der Waals surface area contributed by atoms with Crippen molar-refractivity contribution in [2.75, 3.05) is 32.8 Å². The third-order valence-corrected chi connectivity index (χ3v) is 3.40. The van der Waals surface area contributed by atoms with Gasteiger partial charge in [-0.1, -0.05) is 0 Å². The first-order valence-electron chi connectivity index (χ1n) is 6.47. The molecule has 0 radical (unpaired) electrons. The zero-order valence-corrected chi connectivity index (χ0v) is 11.4. The van der Waals surface area contributed by atoms with Gasteiger partial charge in [-0.05, 0) is 19.9 Å². The van der Waals surface area contributed by atoms with Crippen LogP contribution in [-0.2, 0) is 4.74 Å². The Morgan fingerprint density at radius 1 is 1.42 bits per heavy atom. The van der Waals surface area contributed by atoms with E-state index in [2.05, 4.69) is 34.3 Å². The summed E-state index contributed by atoms with van der Waals surface area (Å²) in [6.07, 6.45) is 2.99. The van der Waals surface area contributed by atoms with Gasteiger partial charge in [-0.3, -0.25) is 9.69 Å². The maximum atomic E-state index is 12.0. The second-order valence-electron chi connectivity index (χ2n) is 5.23. The van der Waals surface area contributed by atoms with E-state index < -0.39 is 0 Å². The molecule has 1 aliphatic rings. The number of nitrogens with one attached hydrogen (secondary N) is 1. The van der Waals surface area contributed by atoms with Crippen molar-refractivity contribution in [3.8, 4) is 0 Å². The van der Waals surface area contributed by atoms with Gasteiger partial charge >= 0.3 is 0 Å². The topological polar surface area (TPSA) is 67.4 Å². The standard InChI is InChI=1S/C13H20N4O2/c1-13(2,17-5-7-19-8-6-17)10-14-12(18)11-3-4-15-16-9-11/h3-4,9H,5-8,10H2,1-2H3,(H,14,18). The molecule has 104 valence electrons. The van der Waals surface area contributed by atoms with Crippen molar-refractivity contribution in [3.05, 3.63) is 24.0 Å². The number of morpholine rings is 1. The Morgan fingerprint density at radius 2 is 2.16 bits per heavy atom. The summed E-state index contributed by atoms with van der Waals surface area (Å²) in [4.78, 5) is 14.3. The van der Waals surface area contributed by atoms with E-state index in [-0.39, 0.29) is 11.4 Å². The lowest BCUT2D eigenvalue weighted by molar-refractivity contribution is -0.00923. The predicted molar refractivity (Wildman–Crippen MR) is 70.8 cm³/mol. The molecule has 2 rings (SSSR count). The Kier molecular flexibility index (Phi) is 4.44. The Labute approximate surface area is 113 Å². The normalized spacial score (nSPS) is 17.2.